The van der Waals surface area contributed by atoms with Crippen LogP contribution in [0.4, 0.5) is 0 Å². The van der Waals surface area contributed by atoms with Crippen molar-refractivity contribution in [2.75, 3.05) is 45.5 Å². The van der Waals surface area contributed by atoms with Gasteiger partial charge in [0.15, 0.2) is 5.03 Å². The van der Waals surface area contributed by atoms with Crippen molar-refractivity contribution in [3.8, 4) is 0 Å². The van der Waals surface area contributed by atoms with E-state index in [1.165, 1.54) is 27.4 Å². The summed E-state index contributed by atoms with van der Waals surface area (Å²) in [7, 11) is -5.19. The van der Waals surface area contributed by atoms with Crippen molar-refractivity contribution in [2.45, 2.75) is 24.3 Å². The molecule has 2 fully saturated rings. The molecule has 0 saturated carbocycles. The average Bonchev–Trinajstić information content (AvgIpc) is 2.93. The number of amides is 1. The third-order valence-electron chi connectivity index (χ3n) is 5.32. The van der Waals surface area contributed by atoms with Crippen LogP contribution in [0.25, 0.3) is 0 Å². The molecule has 0 aliphatic carbocycles. The van der Waals surface area contributed by atoms with E-state index in [0.717, 1.165) is 0 Å². The molecule has 3 heterocycles. The van der Waals surface area contributed by atoms with Crippen LogP contribution in [-0.2, 0) is 31.9 Å². The van der Waals surface area contributed by atoms with E-state index in [2.05, 4.69) is 4.98 Å². The zero-order chi connectivity index (χ0) is 20.5. The summed E-state index contributed by atoms with van der Waals surface area (Å²) in [4.78, 5) is 18.5. The van der Waals surface area contributed by atoms with E-state index in [-0.39, 0.29) is 23.4 Å². The molecule has 0 bridgehead atoms. The van der Waals surface area contributed by atoms with E-state index in [9.17, 15) is 21.6 Å². The summed E-state index contributed by atoms with van der Waals surface area (Å²) >= 11 is 0. The lowest BCUT2D eigenvalue weighted by atomic mass is 9.96. The van der Waals surface area contributed by atoms with Crippen molar-refractivity contribution in [1.82, 2.24) is 23.1 Å². The fraction of sp³-hybridized carbons (Fsp3) is 0.750. The Morgan fingerprint density at radius 1 is 1.00 bits per heavy atom. The minimum atomic E-state index is -3.67. The van der Waals surface area contributed by atoms with Crippen molar-refractivity contribution >= 4 is 26.0 Å². The smallest absolute Gasteiger partial charge is 0.262 e. The molecule has 10 nitrogen and oxygen atoms in total. The van der Waals surface area contributed by atoms with Crippen molar-refractivity contribution in [3.63, 3.8) is 0 Å². The average molecular weight is 434 g/mol. The lowest BCUT2D eigenvalue weighted by molar-refractivity contribution is -0.136. The lowest BCUT2D eigenvalue weighted by Crippen LogP contribution is -2.45. The van der Waals surface area contributed by atoms with E-state index in [1.807, 2.05) is 0 Å². The van der Waals surface area contributed by atoms with E-state index in [1.54, 1.807) is 16.5 Å². The van der Waals surface area contributed by atoms with E-state index in [0.29, 0.717) is 52.0 Å². The molecule has 2 saturated heterocycles. The Kier molecular flexibility index (Phi) is 6.13. The summed E-state index contributed by atoms with van der Waals surface area (Å²) < 4.78 is 53.1. The van der Waals surface area contributed by atoms with Crippen LogP contribution in [0.3, 0.4) is 0 Å². The second-order valence-corrected chi connectivity index (χ2v) is 11.3. The van der Waals surface area contributed by atoms with Crippen LogP contribution in [0.5, 0.6) is 0 Å². The molecule has 0 N–H and O–H groups in total. The van der Waals surface area contributed by atoms with Crippen molar-refractivity contribution < 1.29 is 21.6 Å². The van der Waals surface area contributed by atoms with Gasteiger partial charge in [-0.05, 0) is 19.3 Å². The van der Waals surface area contributed by atoms with Gasteiger partial charge in [0.05, 0.1) is 12.6 Å². The van der Waals surface area contributed by atoms with Crippen LogP contribution < -0.4 is 0 Å². The minimum absolute atomic E-state index is 0.00904. The first-order valence-electron chi connectivity index (χ1n) is 9.31. The number of aryl methyl sites for hydroxylation is 1. The molecule has 28 heavy (non-hydrogen) atoms. The first kappa shape index (κ1) is 21.2. The molecule has 2 aliphatic rings. The van der Waals surface area contributed by atoms with Crippen molar-refractivity contribution in [2.24, 2.45) is 13.0 Å². The highest BCUT2D eigenvalue weighted by molar-refractivity contribution is 7.89. The number of sulfonamides is 2. The summed E-state index contributed by atoms with van der Waals surface area (Å²) in [5.74, 6) is -0.220. The van der Waals surface area contributed by atoms with E-state index >= 15 is 0 Å². The van der Waals surface area contributed by atoms with Crippen LogP contribution in [0.1, 0.15) is 19.3 Å². The fourth-order valence-corrected chi connectivity index (χ4v) is 6.01. The molecule has 158 valence electrons. The van der Waals surface area contributed by atoms with Gasteiger partial charge < -0.3 is 9.47 Å². The Bertz CT molecular complexity index is 919. The maximum absolute atomic E-state index is 12.9. The van der Waals surface area contributed by atoms with Crippen LogP contribution in [0, 0.1) is 5.92 Å². The third-order valence-corrected chi connectivity index (χ3v) is 8.41. The van der Waals surface area contributed by atoms with Crippen molar-refractivity contribution in [3.05, 3.63) is 12.5 Å². The number of carbonyl (C=O) groups is 1. The van der Waals surface area contributed by atoms with Gasteiger partial charge in [0.25, 0.3) is 10.0 Å². The van der Waals surface area contributed by atoms with Gasteiger partial charge in [0, 0.05) is 58.4 Å². The zero-order valence-corrected chi connectivity index (χ0v) is 17.8. The quantitative estimate of drug-likeness (QED) is 0.621. The molecule has 1 aromatic heterocycles. The van der Waals surface area contributed by atoms with Gasteiger partial charge in [-0.3, -0.25) is 4.79 Å². The SMILES string of the molecule is Cn1cnc(S(=O)(=O)N2CCCN(C(=O)C3CCN(S(C)(=O)=O)CC3)CC2)c1. The Balaban J connectivity index is 1.60. The highest BCUT2D eigenvalue weighted by Crippen LogP contribution is 2.23. The van der Waals surface area contributed by atoms with Gasteiger partial charge in [0.2, 0.25) is 15.9 Å². The van der Waals surface area contributed by atoms with Gasteiger partial charge in [-0.1, -0.05) is 0 Å². The van der Waals surface area contributed by atoms with E-state index in [4.69, 9.17) is 0 Å². The summed E-state index contributed by atoms with van der Waals surface area (Å²) in [6.45, 7) is 2.10. The topological polar surface area (TPSA) is 113 Å². The van der Waals surface area contributed by atoms with Crippen LogP contribution in [-0.4, -0.2) is 91.3 Å². The Labute approximate surface area is 166 Å². The summed E-state index contributed by atoms with van der Waals surface area (Å²) in [6, 6.07) is 0. The monoisotopic (exact) mass is 433 g/mol. The second kappa shape index (κ2) is 8.09. The molecular weight excluding hydrogens is 406 g/mol. The number of hydrogen-bond acceptors (Lipinski definition) is 6. The Morgan fingerprint density at radius 2 is 1.68 bits per heavy atom. The highest BCUT2D eigenvalue weighted by Gasteiger charge is 2.34. The standard InChI is InChI=1S/C16H27N5O5S2/c1-18-12-15(17-13-18)28(25,26)21-7-3-6-19(10-11-21)16(22)14-4-8-20(9-5-14)27(2,23)24/h12-14H,3-11H2,1-2H3. The predicted octanol–water partition coefficient (Wildman–Crippen LogP) is -0.685. The predicted molar refractivity (Wildman–Crippen MR) is 102 cm³/mol. The molecule has 0 atom stereocenters. The van der Waals surface area contributed by atoms with Crippen LogP contribution in [0.2, 0.25) is 0 Å². The van der Waals surface area contributed by atoms with E-state index < -0.39 is 20.0 Å². The normalized spacial score (nSPS) is 21.6. The number of piperidine rings is 1. The van der Waals surface area contributed by atoms with Gasteiger partial charge in [0.1, 0.15) is 0 Å². The maximum atomic E-state index is 12.9. The van der Waals surface area contributed by atoms with Gasteiger partial charge in [-0.2, -0.15) is 4.31 Å². The van der Waals surface area contributed by atoms with Gasteiger partial charge >= 0.3 is 0 Å². The molecule has 0 unspecified atom stereocenters. The van der Waals surface area contributed by atoms with Crippen LogP contribution in [0.15, 0.2) is 17.6 Å². The molecule has 0 radical (unpaired) electrons. The maximum Gasteiger partial charge on any atom is 0.262 e. The summed E-state index contributed by atoms with van der Waals surface area (Å²) in [5, 5.41) is 0.0166. The molecule has 12 heteroatoms. The molecule has 1 amide bonds. The minimum Gasteiger partial charge on any atom is -0.341 e. The molecule has 3 rings (SSSR count). The molecular formula is C16H27N5O5S2. The van der Waals surface area contributed by atoms with Gasteiger partial charge in [-0.25, -0.2) is 26.1 Å². The molecule has 0 spiro atoms. The Morgan fingerprint density at radius 3 is 2.25 bits per heavy atom. The number of carbonyl (C=O) groups excluding carboxylic acids is 1. The highest BCUT2D eigenvalue weighted by atomic mass is 32.2. The number of hydrogen-bond donors (Lipinski definition) is 0. The second-order valence-electron chi connectivity index (χ2n) is 7.40. The summed E-state index contributed by atoms with van der Waals surface area (Å²) in [5.41, 5.74) is 0. The summed E-state index contributed by atoms with van der Waals surface area (Å²) in [6.07, 6.45) is 5.65. The Hall–Kier alpha value is -1.50. The molecule has 1 aromatic rings. The molecule has 0 aromatic carbocycles. The van der Waals surface area contributed by atoms with Gasteiger partial charge in [-0.15, -0.1) is 0 Å². The number of aromatic nitrogens is 2. The van der Waals surface area contributed by atoms with Crippen molar-refractivity contribution in [1.29, 1.82) is 0 Å². The number of rotatable bonds is 4. The fourth-order valence-electron chi connectivity index (χ4n) is 3.70. The largest absolute Gasteiger partial charge is 0.341 e. The first-order chi connectivity index (χ1) is 13.1. The zero-order valence-electron chi connectivity index (χ0n) is 16.2. The van der Waals surface area contributed by atoms with Crippen LogP contribution >= 0.6 is 0 Å². The number of nitrogens with zero attached hydrogens (tertiary/aromatic N) is 5. The third kappa shape index (κ3) is 4.56. The first-order valence-corrected chi connectivity index (χ1v) is 12.6. The number of imidazole rings is 1. The lowest BCUT2D eigenvalue weighted by Gasteiger charge is -2.32. The molecule has 2 aliphatic heterocycles.